The van der Waals surface area contributed by atoms with Crippen LogP contribution in [-0.2, 0) is 10.2 Å². The van der Waals surface area contributed by atoms with E-state index in [9.17, 15) is 9.90 Å². The smallest absolute Gasteiger partial charge is 0.311 e. The number of fused-ring (bicyclic) bond motifs is 1. The molecule has 1 aliphatic carbocycles. The van der Waals surface area contributed by atoms with Crippen molar-refractivity contribution in [3.8, 4) is 0 Å². The summed E-state index contributed by atoms with van der Waals surface area (Å²) in [5, 5.41) is 9.18. The Labute approximate surface area is 89.9 Å². The summed E-state index contributed by atoms with van der Waals surface area (Å²) in [6, 6.07) is 6.15. The van der Waals surface area contributed by atoms with E-state index in [1.165, 1.54) is 5.56 Å². The zero-order chi connectivity index (χ0) is 11.2. The maximum absolute atomic E-state index is 11.2. The zero-order valence-corrected chi connectivity index (χ0v) is 9.37. The summed E-state index contributed by atoms with van der Waals surface area (Å²) in [7, 11) is 0. The predicted octanol–water partition coefficient (Wildman–Crippen LogP) is 2.84. The summed E-state index contributed by atoms with van der Waals surface area (Å²) < 4.78 is 0. The van der Waals surface area contributed by atoms with Gasteiger partial charge in [-0.3, -0.25) is 4.79 Å². The fraction of sp³-hybridized carbons (Fsp3) is 0.462. The summed E-state index contributed by atoms with van der Waals surface area (Å²) >= 11 is 0. The molecule has 0 saturated carbocycles. The Hall–Kier alpha value is -1.31. The number of aryl methyl sites for hydroxylation is 1. The molecule has 1 aliphatic rings. The molecule has 80 valence electrons. The van der Waals surface area contributed by atoms with Gasteiger partial charge in [0.25, 0.3) is 0 Å². The van der Waals surface area contributed by atoms with Crippen LogP contribution in [0.4, 0.5) is 0 Å². The second-order valence-electron chi connectivity index (χ2n) is 5.07. The molecule has 0 amide bonds. The van der Waals surface area contributed by atoms with Crippen molar-refractivity contribution in [3.05, 3.63) is 34.9 Å². The number of carboxylic acids is 1. The standard InChI is InChI=1S/C13H16O2/c1-8-4-5-11-9(6-8)10(12(14)15)7-13(11,2)3/h4-6,10H,7H2,1-3H3,(H,14,15). The maximum atomic E-state index is 11.2. The van der Waals surface area contributed by atoms with Crippen LogP contribution in [0.15, 0.2) is 18.2 Å². The summed E-state index contributed by atoms with van der Waals surface area (Å²) in [5.74, 6) is -1.03. The first-order valence-electron chi connectivity index (χ1n) is 5.25. The number of rotatable bonds is 1. The predicted molar refractivity (Wildman–Crippen MR) is 59.2 cm³/mol. The van der Waals surface area contributed by atoms with Gasteiger partial charge < -0.3 is 5.11 Å². The topological polar surface area (TPSA) is 37.3 Å². The minimum absolute atomic E-state index is 0.00785. The number of carbonyl (C=O) groups is 1. The van der Waals surface area contributed by atoms with Crippen molar-refractivity contribution in [1.29, 1.82) is 0 Å². The molecule has 0 bridgehead atoms. The Bertz CT molecular complexity index is 419. The van der Waals surface area contributed by atoms with Crippen molar-refractivity contribution < 1.29 is 9.90 Å². The SMILES string of the molecule is Cc1ccc2c(c1)C(C(=O)O)CC2(C)C. The molecule has 0 saturated heterocycles. The van der Waals surface area contributed by atoms with Gasteiger partial charge in [0.05, 0.1) is 5.92 Å². The number of aliphatic carboxylic acids is 1. The minimum atomic E-state index is -0.701. The molecule has 1 N–H and O–H groups in total. The van der Waals surface area contributed by atoms with Crippen LogP contribution in [0, 0.1) is 6.92 Å². The van der Waals surface area contributed by atoms with E-state index in [0.717, 1.165) is 11.1 Å². The number of hydrogen-bond acceptors (Lipinski definition) is 1. The molecule has 0 fully saturated rings. The van der Waals surface area contributed by atoms with Gasteiger partial charge in [-0.1, -0.05) is 37.6 Å². The second-order valence-corrected chi connectivity index (χ2v) is 5.07. The third kappa shape index (κ3) is 1.54. The van der Waals surface area contributed by atoms with E-state index >= 15 is 0 Å². The molecule has 0 radical (unpaired) electrons. The summed E-state index contributed by atoms with van der Waals surface area (Å²) in [4.78, 5) is 11.2. The van der Waals surface area contributed by atoms with Crippen molar-refractivity contribution in [2.45, 2.75) is 38.5 Å². The second kappa shape index (κ2) is 3.09. The molecule has 0 aliphatic heterocycles. The van der Waals surface area contributed by atoms with Crippen LogP contribution in [0.3, 0.4) is 0 Å². The van der Waals surface area contributed by atoms with Crippen LogP contribution >= 0.6 is 0 Å². The quantitative estimate of drug-likeness (QED) is 0.763. The lowest BCUT2D eigenvalue weighted by Gasteiger charge is -2.18. The molecule has 1 aromatic rings. The Morgan fingerprint density at radius 3 is 2.73 bits per heavy atom. The first-order valence-corrected chi connectivity index (χ1v) is 5.25. The van der Waals surface area contributed by atoms with E-state index in [-0.39, 0.29) is 11.3 Å². The van der Waals surface area contributed by atoms with Crippen LogP contribution in [-0.4, -0.2) is 11.1 Å². The van der Waals surface area contributed by atoms with Crippen molar-refractivity contribution in [2.24, 2.45) is 0 Å². The molecule has 0 spiro atoms. The first kappa shape index (κ1) is 10.2. The number of carboxylic acid groups (broad SMARTS) is 1. The van der Waals surface area contributed by atoms with E-state index in [1.807, 2.05) is 13.0 Å². The Kier molecular flexibility index (Phi) is 2.10. The summed E-state index contributed by atoms with van der Waals surface area (Å²) in [5.41, 5.74) is 3.33. The van der Waals surface area contributed by atoms with Gasteiger partial charge in [-0.15, -0.1) is 0 Å². The largest absolute Gasteiger partial charge is 0.481 e. The summed E-state index contributed by atoms with van der Waals surface area (Å²) in [6.07, 6.45) is 0.709. The van der Waals surface area contributed by atoms with Gasteiger partial charge in [-0.05, 0) is 29.9 Å². The Morgan fingerprint density at radius 1 is 1.47 bits per heavy atom. The molecule has 2 rings (SSSR count). The molecular weight excluding hydrogens is 188 g/mol. The summed E-state index contributed by atoms with van der Waals surface area (Å²) in [6.45, 7) is 6.23. The van der Waals surface area contributed by atoms with Gasteiger partial charge >= 0.3 is 5.97 Å². The minimum Gasteiger partial charge on any atom is -0.481 e. The molecule has 2 nitrogen and oxygen atoms in total. The third-order valence-electron chi connectivity index (χ3n) is 3.32. The highest BCUT2D eigenvalue weighted by Crippen LogP contribution is 2.45. The van der Waals surface area contributed by atoms with Crippen molar-refractivity contribution >= 4 is 5.97 Å². The third-order valence-corrected chi connectivity index (χ3v) is 3.32. The molecule has 0 heterocycles. The number of hydrogen-bond donors (Lipinski definition) is 1. The van der Waals surface area contributed by atoms with E-state index in [2.05, 4.69) is 26.0 Å². The lowest BCUT2D eigenvalue weighted by molar-refractivity contribution is -0.139. The zero-order valence-electron chi connectivity index (χ0n) is 9.37. The molecule has 1 atom stereocenters. The van der Waals surface area contributed by atoms with Crippen molar-refractivity contribution in [2.75, 3.05) is 0 Å². The monoisotopic (exact) mass is 204 g/mol. The van der Waals surface area contributed by atoms with Crippen molar-refractivity contribution in [1.82, 2.24) is 0 Å². The van der Waals surface area contributed by atoms with E-state index in [4.69, 9.17) is 0 Å². The lowest BCUT2D eigenvalue weighted by Crippen LogP contribution is -2.14. The van der Waals surface area contributed by atoms with E-state index in [0.29, 0.717) is 6.42 Å². The van der Waals surface area contributed by atoms with Gasteiger partial charge in [0.2, 0.25) is 0 Å². The highest BCUT2D eigenvalue weighted by molar-refractivity contribution is 5.78. The Balaban J connectivity index is 2.58. The van der Waals surface area contributed by atoms with Gasteiger partial charge in [0.1, 0.15) is 0 Å². The fourth-order valence-electron chi connectivity index (χ4n) is 2.54. The normalized spacial score (nSPS) is 22.5. The Morgan fingerprint density at radius 2 is 2.13 bits per heavy atom. The molecular formula is C13H16O2. The van der Waals surface area contributed by atoms with Crippen LogP contribution < -0.4 is 0 Å². The highest BCUT2D eigenvalue weighted by atomic mass is 16.4. The van der Waals surface area contributed by atoms with Crippen LogP contribution in [0.1, 0.15) is 42.9 Å². The van der Waals surface area contributed by atoms with E-state index in [1.54, 1.807) is 0 Å². The van der Waals surface area contributed by atoms with Gasteiger partial charge in [0.15, 0.2) is 0 Å². The van der Waals surface area contributed by atoms with Gasteiger partial charge in [-0.2, -0.15) is 0 Å². The maximum Gasteiger partial charge on any atom is 0.311 e. The van der Waals surface area contributed by atoms with Crippen LogP contribution in [0.5, 0.6) is 0 Å². The average molecular weight is 204 g/mol. The van der Waals surface area contributed by atoms with Gasteiger partial charge in [-0.25, -0.2) is 0 Å². The molecule has 15 heavy (non-hydrogen) atoms. The van der Waals surface area contributed by atoms with Gasteiger partial charge in [0, 0.05) is 0 Å². The molecule has 1 unspecified atom stereocenters. The first-order chi connectivity index (χ1) is 6.92. The molecule has 2 heteroatoms. The molecule has 1 aromatic carbocycles. The average Bonchev–Trinajstić information content (AvgIpc) is 2.38. The van der Waals surface area contributed by atoms with E-state index < -0.39 is 5.97 Å². The fourth-order valence-corrected chi connectivity index (χ4v) is 2.54. The van der Waals surface area contributed by atoms with Crippen LogP contribution in [0.25, 0.3) is 0 Å². The molecule has 0 aromatic heterocycles. The van der Waals surface area contributed by atoms with Crippen molar-refractivity contribution in [3.63, 3.8) is 0 Å². The lowest BCUT2D eigenvalue weighted by atomic mass is 9.86. The van der Waals surface area contributed by atoms with Crippen LogP contribution in [0.2, 0.25) is 0 Å². The highest BCUT2D eigenvalue weighted by Gasteiger charge is 2.40. The number of benzene rings is 1.